The van der Waals surface area contributed by atoms with Crippen molar-refractivity contribution in [2.45, 2.75) is 6.92 Å². The molecule has 0 fully saturated rings. The van der Waals surface area contributed by atoms with Crippen molar-refractivity contribution in [3.05, 3.63) is 28.0 Å². The van der Waals surface area contributed by atoms with Crippen LogP contribution in [0.5, 0.6) is 0 Å². The number of rotatable bonds is 1. The van der Waals surface area contributed by atoms with Crippen LogP contribution in [0.1, 0.15) is 15.9 Å². The molecule has 0 saturated heterocycles. The van der Waals surface area contributed by atoms with Gasteiger partial charge in [0, 0.05) is 6.20 Å². The van der Waals surface area contributed by atoms with E-state index in [1.54, 1.807) is 19.2 Å². The van der Waals surface area contributed by atoms with Gasteiger partial charge in [-0.25, -0.2) is 4.79 Å². The molecule has 0 atom stereocenters. The van der Waals surface area contributed by atoms with Crippen molar-refractivity contribution in [3.63, 3.8) is 0 Å². The van der Waals surface area contributed by atoms with Crippen LogP contribution in [0.15, 0.2) is 12.3 Å². The second-order valence-corrected chi connectivity index (χ2v) is 2.58. The quantitative estimate of drug-likeness (QED) is 0.630. The van der Waals surface area contributed by atoms with Gasteiger partial charge < -0.3 is 10.1 Å². The minimum absolute atomic E-state index is 0.183. The maximum Gasteiger partial charge on any atom is 0.338 e. The van der Waals surface area contributed by atoms with Crippen LogP contribution in [0, 0.1) is 11.6 Å². The van der Waals surface area contributed by atoms with E-state index in [2.05, 4.69) is 4.98 Å². The Balaban J connectivity index is 3.45. The van der Waals surface area contributed by atoms with Crippen LogP contribution in [-0.2, 0) is 0 Å². The fourth-order valence-electron chi connectivity index (χ4n) is 0.843. The number of carbonyl (C=O) groups is 1. The number of aromatic amines is 1. The van der Waals surface area contributed by atoms with Crippen LogP contribution in [-0.4, -0.2) is 16.1 Å². The molecule has 0 saturated carbocycles. The number of aromatic nitrogens is 1. The van der Waals surface area contributed by atoms with Gasteiger partial charge in [-0.15, -0.1) is 0 Å². The van der Waals surface area contributed by atoms with Crippen LogP contribution < -0.4 is 0 Å². The van der Waals surface area contributed by atoms with Gasteiger partial charge in [-0.1, -0.05) is 12.2 Å². The van der Waals surface area contributed by atoms with Gasteiger partial charge in [0.2, 0.25) is 0 Å². The average molecular weight is 169 g/mol. The third kappa shape index (κ3) is 1.46. The molecule has 1 heterocycles. The fourth-order valence-corrected chi connectivity index (χ4v) is 1.16. The molecule has 0 radical (unpaired) electrons. The highest BCUT2D eigenvalue weighted by Gasteiger charge is 2.07. The number of nitrogens with one attached hydrogen (secondary N) is 1. The summed E-state index contributed by atoms with van der Waals surface area (Å²) in [7, 11) is 0. The van der Waals surface area contributed by atoms with E-state index in [1.165, 1.54) is 0 Å². The van der Waals surface area contributed by atoms with E-state index in [0.717, 1.165) is 0 Å². The number of hydrogen-bond donors (Lipinski definition) is 2. The molecule has 0 unspecified atom stereocenters. The fraction of sp³-hybridized carbons (Fsp3) is 0.143. The summed E-state index contributed by atoms with van der Waals surface area (Å²) < 4.78 is 0.275. The molecule has 2 N–H and O–H groups in total. The highest BCUT2D eigenvalue weighted by molar-refractivity contribution is 7.71. The minimum Gasteiger partial charge on any atom is -0.478 e. The second-order valence-electron chi connectivity index (χ2n) is 2.17. The first-order valence-electron chi connectivity index (χ1n) is 3.04. The molecule has 4 heteroatoms. The predicted molar refractivity (Wildman–Crippen MR) is 43.3 cm³/mol. The predicted octanol–water partition coefficient (Wildman–Crippen LogP) is 1.75. The van der Waals surface area contributed by atoms with Gasteiger partial charge in [-0.2, -0.15) is 0 Å². The third-order valence-corrected chi connectivity index (χ3v) is 1.71. The van der Waals surface area contributed by atoms with Crippen LogP contribution in [0.25, 0.3) is 0 Å². The highest BCUT2D eigenvalue weighted by atomic mass is 32.1. The Hall–Kier alpha value is -1.16. The molecule has 1 aromatic rings. The molecule has 0 aliphatic carbocycles. The molecule has 1 aromatic heterocycles. The molecule has 0 bridgehead atoms. The van der Waals surface area contributed by atoms with Gasteiger partial charge in [0.1, 0.15) is 4.64 Å². The maximum atomic E-state index is 10.6. The second kappa shape index (κ2) is 2.84. The van der Waals surface area contributed by atoms with E-state index in [9.17, 15) is 4.79 Å². The Morgan fingerprint density at radius 3 is 2.73 bits per heavy atom. The van der Waals surface area contributed by atoms with E-state index >= 15 is 0 Å². The van der Waals surface area contributed by atoms with Crippen LogP contribution in [0.4, 0.5) is 0 Å². The Kier molecular flexibility index (Phi) is 2.05. The summed E-state index contributed by atoms with van der Waals surface area (Å²) in [5.74, 6) is -0.982. The maximum absolute atomic E-state index is 10.6. The molecule has 11 heavy (non-hydrogen) atoms. The van der Waals surface area contributed by atoms with Crippen LogP contribution in [0.3, 0.4) is 0 Å². The first kappa shape index (κ1) is 7.94. The zero-order chi connectivity index (χ0) is 8.43. The third-order valence-electron chi connectivity index (χ3n) is 1.38. The largest absolute Gasteiger partial charge is 0.478 e. The van der Waals surface area contributed by atoms with Crippen molar-refractivity contribution in [2.24, 2.45) is 0 Å². The Labute approximate surface area is 68.7 Å². The zero-order valence-corrected chi connectivity index (χ0v) is 6.73. The van der Waals surface area contributed by atoms with E-state index < -0.39 is 5.97 Å². The number of carboxylic acid groups (broad SMARTS) is 1. The first-order valence-corrected chi connectivity index (χ1v) is 3.45. The van der Waals surface area contributed by atoms with Gasteiger partial charge in [0.05, 0.1) is 5.56 Å². The monoisotopic (exact) mass is 169 g/mol. The van der Waals surface area contributed by atoms with Crippen molar-refractivity contribution < 1.29 is 9.90 Å². The normalized spacial score (nSPS) is 9.55. The summed E-state index contributed by atoms with van der Waals surface area (Å²) in [6, 6.07) is 1.68. The first-order chi connectivity index (χ1) is 5.13. The summed E-state index contributed by atoms with van der Waals surface area (Å²) in [5, 5.41) is 8.66. The Morgan fingerprint density at radius 1 is 1.73 bits per heavy atom. The van der Waals surface area contributed by atoms with Crippen molar-refractivity contribution in [1.82, 2.24) is 4.98 Å². The SMILES string of the molecule is Cc1cc[nH]c(=S)c1C(=O)O. The molecular weight excluding hydrogens is 162 g/mol. The standard InChI is InChI=1S/C7H7NO2S/c1-4-2-3-8-6(11)5(4)7(9)10/h2-3H,1H3,(H,8,11)(H,9,10). The Bertz CT molecular complexity index is 343. The molecule has 1 rings (SSSR count). The molecule has 0 aliphatic rings. The molecule has 58 valence electrons. The summed E-state index contributed by atoms with van der Waals surface area (Å²) in [5.41, 5.74) is 0.865. The number of aryl methyl sites for hydroxylation is 1. The number of pyridine rings is 1. The van der Waals surface area contributed by atoms with Crippen molar-refractivity contribution in [1.29, 1.82) is 0 Å². The average Bonchev–Trinajstić information content (AvgIpc) is 1.85. The van der Waals surface area contributed by atoms with Gasteiger partial charge in [-0.05, 0) is 18.6 Å². The lowest BCUT2D eigenvalue weighted by Gasteiger charge is -1.97. The van der Waals surface area contributed by atoms with Gasteiger partial charge in [-0.3, -0.25) is 0 Å². The lowest BCUT2D eigenvalue weighted by molar-refractivity contribution is 0.0695. The molecule has 3 nitrogen and oxygen atoms in total. The number of carboxylic acids is 1. The molecule has 0 aliphatic heterocycles. The van der Waals surface area contributed by atoms with E-state index in [-0.39, 0.29) is 10.2 Å². The van der Waals surface area contributed by atoms with E-state index in [1.807, 2.05) is 0 Å². The van der Waals surface area contributed by atoms with Crippen molar-refractivity contribution in [2.75, 3.05) is 0 Å². The lowest BCUT2D eigenvalue weighted by atomic mass is 10.2. The van der Waals surface area contributed by atoms with Crippen molar-refractivity contribution in [3.8, 4) is 0 Å². The topological polar surface area (TPSA) is 53.1 Å². The van der Waals surface area contributed by atoms with Gasteiger partial charge in [0.15, 0.2) is 0 Å². The number of aromatic carboxylic acids is 1. The van der Waals surface area contributed by atoms with Crippen molar-refractivity contribution >= 4 is 18.2 Å². The molecule has 0 aromatic carbocycles. The summed E-state index contributed by atoms with van der Waals surface area (Å²) >= 11 is 4.78. The highest BCUT2D eigenvalue weighted by Crippen LogP contribution is 2.06. The van der Waals surface area contributed by atoms with Crippen LogP contribution in [0.2, 0.25) is 0 Å². The van der Waals surface area contributed by atoms with E-state index in [4.69, 9.17) is 17.3 Å². The molecular formula is C7H7NO2S. The number of H-pyrrole nitrogens is 1. The summed E-state index contributed by atoms with van der Waals surface area (Å²) in [6.45, 7) is 1.72. The van der Waals surface area contributed by atoms with Crippen LogP contribution >= 0.6 is 12.2 Å². The summed E-state index contributed by atoms with van der Waals surface area (Å²) in [4.78, 5) is 13.2. The minimum atomic E-state index is -0.982. The van der Waals surface area contributed by atoms with Gasteiger partial charge in [0.25, 0.3) is 0 Å². The lowest BCUT2D eigenvalue weighted by Crippen LogP contribution is -2.01. The van der Waals surface area contributed by atoms with E-state index in [0.29, 0.717) is 5.56 Å². The van der Waals surface area contributed by atoms with Gasteiger partial charge >= 0.3 is 5.97 Å². The number of hydrogen-bond acceptors (Lipinski definition) is 2. The smallest absolute Gasteiger partial charge is 0.338 e. The summed E-state index contributed by atoms with van der Waals surface area (Å²) in [6.07, 6.45) is 1.63. The Morgan fingerprint density at radius 2 is 2.36 bits per heavy atom. The molecule has 0 amide bonds. The molecule has 0 spiro atoms. The zero-order valence-electron chi connectivity index (χ0n) is 5.92.